The van der Waals surface area contributed by atoms with E-state index in [-0.39, 0.29) is 35.8 Å². The number of benzene rings is 1. The van der Waals surface area contributed by atoms with Crippen molar-refractivity contribution in [1.82, 2.24) is 10.2 Å². The second kappa shape index (κ2) is 8.10. The van der Waals surface area contributed by atoms with Gasteiger partial charge < -0.3 is 21.3 Å². The lowest BCUT2D eigenvalue weighted by Gasteiger charge is -2.34. The smallest absolute Gasteiger partial charge is 0.319 e. The predicted octanol–water partition coefficient (Wildman–Crippen LogP) is 1.92. The molecule has 1 aliphatic rings. The molecule has 7 heteroatoms. The lowest BCUT2D eigenvalue weighted by atomic mass is 9.99. The second-order valence-corrected chi connectivity index (χ2v) is 6.35. The molecule has 0 aromatic heterocycles. The Morgan fingerprint density at radius 2 is 1.79 bits per heavy atom. The standard InChI is InChI=1S/C17H25FN4O2/c1-11(12(2)19)16(23)22-9-7-15(8-10-22)21-17(24)20-14-5-3-13(18)4-6-14/h3-6,11-12,15H,7-10,19H2,1-2H3,(H2,20,21,24). The molecule has 0 saturated carbocycles. The van der Waals surface area contributed by atoms with Gasteiger partial charge in [-0.2, -0.15) is 0 Å². The van der Waals surface area contributed by atoms with Crippen LogP contribution >= 0.6 is 0 Å². The highest BCUT2D eigenvalue weighted by atomic mass is 19.1. The lowest BCUT2D eigenvalue weighted by molar-refractivity contribution is -0.136. The number of carbonyl (C=O) groups is 2. The van der Waals surface area contributed by atoms with Crippen molar-refractivity contribution >= 4 is 17.6 Å². The van der Waals surface area contributed by atoms with Gasteiger partial charge in [0.2, 0.25) is 5.91 Å². The zero-order valence-corrected chi connectivity index (χ0v) is 14.1. The Kier molecular flexibility index (Phi) is 6.14. The van der Waals surface area contributed by atoms with E-state index in [9.17, 15) is 14.0 Å². The van der Waals surface area contributed by atoms with Crippen molar-refractivity contribution in [3.05, 3.63) is 30.1 Å². The quantitative estimate of drug-likeness (QED) is 0.785. The summed E-state index contributed by atoms with van der Waals surface area (Å²) in [6, 6.07) is 5.11. The maximum Gasteiger partial charge on any atom is 0.319 e. The van der Waals surface area contributed by atoms with Gasteiger partial charge in [0.1, 0.15) is 5.82 Å². The average Bonchev–Trinajstić information content (AvgIpc) is 2.56. The summed E-state index contributed by atoms with van der Waals surface area (Å²) in [6.45, 7) is 4.89. The highest BCUT2D eigenvalue weighted by Gasteiger charge is 2.28. The number of rotatable bonds is 4. The zero-order chi connectivity index (χ0) is 17.7. The number of nitrogens with one attached hydrogen (secondary N) is 2. The Hall–Kier alpha value is -2.15. The van der Waals surface area contributed by atoms with Gasteiger partial charge in [0, 0.05) is 30.9 Å². The van der Waals surface area contributed by atoms with Crippen LogP contribution < -0.4 is 16.4 Å². The van der Waals surface area contributed by atoms with E-state index < -0.39 is 0 Å². The van der Waals surface area contributed by atoms with Crippen molar-refractivity contribution in [2.24, 2.45) is 11.7 Å². The van der Waals surface area contributed by atoms with E-state index in [1.165, 1.54) is 24.3 Å². The van der Waals surface area contributed by atoms with E-state index in [0.717, 1.165) is 0 Å². The van der Waals surface area contributed by atoms with Gasteiger partial charge in [0.15, 0.2) is 0 Å². The number of likely N-dealkylation sites (tertiary alicyclic amines) is 1. The van der Waals surface area contributed by atoms with Crippen molar-refractivity contribution in [2.75, 3.05) is 18.4 Å². The first-order chi connectivity index (χ1) is 11.4. The highest BCUT2D eigenvalue weighted by molar-refractivity contribution is 5.89. The number of halogens is 1. The fourth-order valence-corrected chi connectivity index (χ4v) is 2.64. The first-order valence-electron chi connectivity index (χ1n) is 8.24. The highest BCUT2D eigenvalue weighted by Crippen LogP contribution is 2.15. The molecule has 0 aliphatic carbocycles. The van der Waals surface area contributed by atoms with E-state index in [4.69, 9.17) is 5.73 Å². The molecule has 1 saturated heterocycles. The van der Waals surface area contributed by atoms with Gasteiger partial charge in [-0.1, -0.05) is 6.92 Å². The number of nitrogens with two attached hydrogens (primary N) is 1. The van der Waals surface area contributed by atoms with Gasteiger partial charge in [0.05, 0.1) is 5.92 Å². The van der Waals surface area contributed by atoms with Crippen LogP contribution in [0.2, 0.25) is 0 Å². The van der Waals surface area contributed by atoms with Gasteiger partial charge in [-0.05, 0) is 44.0 Å². The Morgan fingerprint density at radius 3 is 2.33 bits per heavy atom. The third-order valence-corrected chi connectivity index (χ3v) is 4.42. The summed E-state index contributed by atoms with van der Waals surface area (Å²) >= 11 is 0. The molecular weight excluding hydrogens is 311 g/mol. The van der Waals surface area contributed by atoms with Crippen LogP contribution in [-0.4, -0.2) is 42.0 Å². The summed E-state index contributed by atoms with van der Waals surface area (Å²) in [4.78, 5) is 26.0. The van der Waals surface area contributed by atoms with Gasteiger partial charge >= 0.3 is 6.03 Å². The van der Waals surface area contributed by atoms with Crippen LogP contribution in [0.3, 0.4) is 0 Å². The van der Waals surface area contributed by atoms with Crippen LogP contribution in [0.5, 0.6) is 0 Å². The van der Waals surface area contributed by atoms with E-state index >= 15 is 0 Å². The Labute approximate surface area is 141 Å². The zero-order valence-electron chi connectivity index (χ0n) is 14.1. The molecule has 1 aromatic rings. The number of amides is 3. The molecule has 3 amide bonds. The van der Waals surface area contributed by atoms with E-state index in [2.05, 4.69) is 10.6 Å². The minimum Gasteiger partial charge on any atom is -0.342 e. The van der Waals surface area contributed by atoms with E-state index in [1.807, 2.05) is 18.7 Å². The number of carbonyl (C=O) groups excluding carboxylic acids is 2. The second-order valence-electron chi connectivity index (χ2n) is 6.35. The number of hydrogen-bond donors (Lipinski definition) is 3. The third-order valence-electron chi connectivity index (χ3n) is 4.42. The Morgan fingerprint density at radius 1 is 1.21 bits per heavy atom. The van der Waals surface area contributed by atoms with E-state index in [1.54, 1.807) is 0 Å². The van der Waals surface area contributed by atoms with Gasteiger partial charge in [-0.15, -0.1) is 0 Å². The summed E-state index contributed by atoms with van der Waals surface area (Å²) < 4.78 is 12.8. The summed E-state index contributed by atoms with van der Waals surface area (Å²) in [7, 11) is 0. The van der Waals surface area contributed by atoms with Crippen LogP contribution in [0.1, 0.15) is 26.7 Å². The minimum atomic E-state index is -0.348. The molecule has 1 aliphatic heterocycles. The number of urea groups is 1. The van der Waals surface area contributed by atoms with Crippen LogP contribution in [0.4, 0.5) is 14.9 Å². The Bertz CT molecular complexity index is 568. The number of hydrogen-bond acceptors (Lipinski definition) is 3. The molecule has 1 heterocycles. The van der Waals surface area contributed by atoms with Crippen molar-refractivity contribution in [1.29, 1.82) is 0 Å². The summed E-state index contributed by atoms with van der Waals surface area (Å²) in [5.74, 6) is -0.477. The number of nitrogens with zero attached hydrogens (tertiary/aromatic N) is 1. The average molecular weight is 336 g/mol. The number of piperidine rings is 1. The van der Waals surface area contributed by atoms with Crippen LogP contribution in [0.25, 0.3) is 0 Å². The van der Waals surface area contributed by atoms with Gasteiger partial charge in [-0.3, -0.25) is 4.79 Å². The topological polar surface area (TPSA) is 87.5 Å². The molecular formula is C17H25FN4O2. The molecule has 1 fully saturated rings. The van der Waals surface area contributed by atoms with Crippen LogP contribution in [0.15, 0.2) is 24.3 Å². The third kappa shape index (κ3) is 4.92. The van der Waals surface area contributed by atoms with E-state index in [0.29, 0.717) is 31.6 Å². The molecule has 2 unspecified atom stereocenters. The normalized spacial score (nSPS) is 17.9. The molecule has 24 heavy (non-hydrogen) atoms. The summed E-state index contributed by atoms with van der Waals surface area (Å²) in [5.41, 5.74) is 6.32. The Balaban J connectivity index is 1.77. The maximum atomic E-state index is 12.8. The van der Waals surface area contributed by atoms with Crippen molar-refractivity contribution in [2.45, 2.75) is 38.8 Å². The summed E-state index contributed by atoms with van der Waals surface area (Å²) in [6.07, 6.45) is 1.41. The van der Waals surface area contributed by atoms with Gasteiger partial charge in [-0.25, -0.2) is 9.18 Å². The maximum absolute atomic E-state index is 12.8. The molecule has 4 N–H and O–H groups in total. The van der Waals surface area contributed by atoms with Crippen LogP contribution in [0, 0.1) is 11.7 Å². The molecule has 0 radical (unpaired) electrons. The molecule has 1 aromatic carbocycles. The molecule has 0 bridgehead atoms. The van der Waals surface area contributed by atoms with Crippen molar-refractivity contribution in [3.8, 4) is 0 Å². The molecule has 2 rings (SSSR count). The molecule has 0 spiro atoms. The number of anilines is 1. The van der Waals surface area contributed by atoms with Crippen molar-refractivity contribution < 1.29 is 14.0 Å². The lowest BCUT2D eigenvalue weighted by Crippen LogP contribution is -2.50. The fraction of sp³-hybridized carbons (Fsp3) is 0.529. The fourth-order valence-electron chi connectivity index (χ4n) is 2.64. The minimum absolute atomic E-state index is 0.0140. The summed E-state index contributed by atoms with van der Waals surface area (Å²) in [5, 5.41) is 5.56. The first-order valence-corrected chi connectivity index (χ1v) is 8.24. The molecule has 132 valence electrons. The molecule has 2 atom stereocenters. The van der Waals surface area contributed by atoms with Crippen molar-refractivity contribution in [3.63, 3.8) is 0 Å². The monoisotopic (exact) mass is 336 g/mol. The SMILES string of the molecule is CC(N)C(C)C(=O)N1CCC(NC(=O)Nc2ccc(F)cc2)CC1. The first kappa shape index (κ1) is 18.2. The predicted molar refractivity (Wildman–Crippen MR) is 91.0 cm³/mol. The molecule has 6 nitrogen and oxygen atoms in total. The van der Waals surface area contributed by atoms with Crippen LogP contribution in [-0.2, 0) is 4.79 Å². The largest absolute Gasteiger partial charge is 0.342 e. The van der Waals surface area contributed by atoms with Gasteiger partial charge in [0.25, 0.3) is 0 Å².